The van der Waals surface area contributed by atoms with Gasteiger partial charge in [-0.1, -0.05) is 12.1 Å². The predicted octanol–water partition coefficient (Wildman–Crippen LogP) is 1.97. The van der Waals surface area contributed by atoms with E-state index < -0.39 is 5.92 Å². The number of anilines is 1. The van der Waals surface area contributed by atoms with Crippen molar-refractivity contribution >= 4 is 11.6 Å². The number of H-pyrrole nitrogens is 1. The Balaban J connectivity index is 2.01. The van der Waals surface area contributed by atoms with Crippen LogP contribution in [0.5, 0.6) is 0 Å². The second-order valence-corrected chi connectivity index (χ2v) is 4.88. The lowest BCUT2D eigenvalue weighted by Crippen LogP contribution is -2.31. The summed E-state index contributed by atoms with van der Waals surface area (Å²) >= 11 is 0. The van der Waals surface area contributed by atoms with Gasteiger partial charge in [0.05, 0.1) is 6.07 Å². The fourth-order valence-corrected chi connectivity index (χ4v) is 2.59. The van der Waals surface area contributed by atoms with Crippen LogP contribution in [0.25, 0.3) is 0 Å². The van der Waals surface area contributed by atoms with Gasteiger partial charge in [0, 0.05) is 31.5 Å². The molecule has 0 saturated heterocycles. The summed E-state index contributed by atoms with van der Waals surface area (Å²) in [6, 6.07) is 8.09. The van der Waals surface area contributed by atoms with Crippen LogP contribution in [0.15, 0.2) is 30.6 Å². The van der Waals surface area contributed by atoms with E-state index in [2.05, 4.69) is 16.0 Å². The molecule has 2 heterocycles. The van der Waals surface area contributed by atoms with E-state index in [0.717, 1.165) is 23.2 Å². The number of aryl methyl sites for hydroxylation is 1. The van der Waals surface area contributed by atoms with Gasteiger partial charge in [0.25, 0.3) is 0 Å². The first-order chi connectivity index (χ1) is 9.70. The standard InChI is InChI=1S/C15H14N4O/c1-19-13-4-2-10(8-11(13)3-5-14(19)20)12(9-16)15-17-6-7-18-15/h2,4,6-8,12H,3,5H2,1H3,(H,17,18). The number of nitrogens with one attached hydrogen (secondary N) is 1. The highest BCUT2D eigenvalue weighted by Crippen LogP contribution is 2.31. The van der Waals surface area contributed by atoms with Gasteiger partial charge in [0.1, 0.15) is 11.7 Å². The van der Waals surface area contributed by atoms with E-state index >= 15 is 0 Å². The van der Waals surface area contributed by atoms with Crippen molar-refractivity contribution < 1.29 is 4.79 Å². The number of hydrogen-bond acceptors (Lipinski definition) is 3. The number of aromatic amines is 1. The predicted molar refractivity (Wildman–Crippen MR) is 74.2 cm³/mol. The number of aromatic nitrogens is 2. The van der Waals surface area contributed by atoms with Crippen molar-refractivity contribution in [2.75, 3.05) is 11.9 Å². The lowest BCUT2D eigenvalue weighted by molar-refractivity contribution is -0.118. The largest absolute Gasteiger partial charge is 0.347 e. The van der Waals surface area contributed by atoms with Gasteiger partial charge in [0.15, 0.2) is 0 Å². The quantitative estimate of drug-likeness (QED) is 0.903. The molecule has 0 saturated carbocycles. The van der Waals surface area contributed by atoms with Crippen LogP contribution in [0, 0.1) is 11.3 Å². The van der Waals surface area contributed by atoms with Crippen molar-refractivity contribution in [2.24, 2.45) is 0 Å². The van der Waals surface area contributed by atoms with Crippen molar-refractivity contribution in [2.45, 2.75) is 18.8 Å². The third-order valence-electron chi connectivity index (χ3n) is 3.70. The van der Waals surface area contributed by atoms with Crippen molar-refractivity contribution in [3.8, 4) is 6.07 Å². The Morgan fingerprint density at radius 1 is 1.45 bits per heavy atom. The van der Waals surface area contributed by atoms with Gasteiger partial charge < -0.3 is 9.88 Å². The minimum atomic E-state index is -0.404. The zero-order valence-corrected chi connectivity index (χ0v) is 11.1. The Hall–Kier alpha value is -2.61. The van der Waals surface area contributed by atoms with Crippen molar-refractivity contribution in [3.63, 3.8) is 0 Å². The van der Waals surface area contributed by atoms with Crippen LogP contribution in [-0.4, -0.2) is 22.9 Å². The molecule has 0 aliphatic carbocycles. The molecule has 1 atom stereocenters. The summed E-state index contributed by atoms with van der Waals surface area (Å²) in [4.78, 5) is 20.5. The zero-order chi connectivity index (χ0) is 14.1. The molecule has 1 aliphatic heterocycles. The van der Waals surface area contributed by atoms with Gasteiger partial charge in [-0.05, 0) is 23.6 Å². The van der Waals surface area contributed by atoms with Crippen LogP contribution in [0.1, 0.15) is 29.3 Å². The van der Waals surface area contributed by atoms with Gasteiger partial charge in [-0.25, -0.2) is 4.98 Å². The molecule has 5 heteroatoms. The number of amides is 1. The topological polar surface area (TPSA) is 72.8 Å². The third kappa shape index (κ3) is 1.95. The van der Waals surface area contributed by atoms with E-state index in [1.54, 1.807) is 24.3 Å². The summed E-state index contributed by atoms with van der Waals surface area (Å²) in [6.45, 7) is 0. The average molecular weight is 266 g/mol. The molecule has 0 radical (unpaired) electrons. The number of imidazole rings is 1. The smallest absolute Gasteiger partial charge is 0.227 e. The number of nitrogens with zero attached hydrogens (tertiary/aromatic N) is 3. The van der Waals surface area contributed by atoms with Crippen LogP contribution in [0.4, 0.5) is 5.69 Å². The van der Waals surface area contributed by atoms with Crippen LogP contribution < -0.4 is 4.90 Å². The maximum atomic E-state index is 11.7. The van der Waals surface area contributed by atoms with Crippen molar-refractivity contribution in [3.05, 3.63) is 47.5 Å². The minimum absolute atomic E-state index is 0.133. The van der Waals surface area contributed by atoms with E-state index in [-0.39, 0.29) is 5.91 Å². The SMILES string of the molecule is CN1C(=O)CCc2cc(C(C#N)c3ncc[nH]3)ccc21. The maximum Gasteiger partial charge on any atom is 0.227 e. The summed E-state index contributed by atoms with van der Waals surface area (Å²) < 4.78 is 0. The van der Waals surface area contributed by atoms with Crippen molar-refractivity contribution in [1.82, 2.24) is 9.97 Å². The fraction of sp³-hybridized carbons (Fsp3) is 0.267. The van der Waals surface area contributed by atoms with E-state index in [1.807, 2.05) is 18.2 Å². The molecule has 0 fully saturated rings. The molecule has 100 valence electrons. The molecule has 1 amide bonds. The Bertz CT molecular complexity index is 684. The van der Waals surface area contributed by atoms with Gasteiger partial charge in [-0.2, -0.15) is 5.26 Å². The van der Waals surface area contributed by atoms with E-state index in [0.29, 0.717) is 12.2 Å². The molecule has 2 aromatic rings. The lowest BCUT2D eigenvalue weighted by Gasteiger charge is -2.26. The molecule has 1 aromatic heterocycles. The molecule has 5 nitrogen and oxygen atoms in total. The number of carbonyl (C=O) groups excluding carboxylic acids is 1. The Morgan fingerprint density at radius 2 is 2.30 bits per heavy atom. The first-order valence-corrected chi connectivity index (χ1v) is 6.49. The molecule has 0 bridgehead atoms. The summed E-state index contributed by atoms with van der Waals surface area (Å²) in [5.41, 5.74) is 2.95. The molecule has 1 aromatic carbocycles. The minimum Gasteiger partial charge on any atom is -0.347 e. The molecule has 1 aliphatic rings. The molecule has 1 unspecified atom stereocenters. The molecular formula is C15H14N4O. The number of carbonyl (C=O) groups is 1. The summed E-state index contributed by atoms with van der Waals surface area (Å²) in [5.74, 6) is 0.374. The first-order valence-electron chi connectivity index (χ1n) is 6.49. The number of fused-ring (bicyclic) bond motifs is 1. The van der Waals surface area contributed by atoms with Crippen LogP contribution in [-0.2, 0) is 11.2 Å². The van der Waals surface area contributed by atoms with Crippen LogP contribution in [0.2, 0.25) is 0 Å². The van der Waals surface area contributed by atoms with E-state index in [4.69, 9.17) is 0 Å². The average Bonchev–Trinajstić information content (AvgIpc) is 2.98. The second-order valence-electron chi connectivity index (χ2n) is 4.88. The summed E-state index contributed by atoms with van der Waals surface area (Å²) in [5, 5.41) is 9.37. The maximum absolute atomic E-state index is 11.7. The first kappa shape index (κ1) is 12.4. The number of hydrogen-bond donors (Lipinski definition) is 1. The van der Waals surface area contributed by atoms with Gasteiger partial charge in [-0.15, -0.1) is 0 Å². The van der Waals surface area contributed by atoms with Gasteiger partial charge >= 0.3 is 0 Å². The number of benzene rings is 1. The highest BCUT2D eigenvalue weighted by Gasteiger charge is 2.23. The monoisotopic (exact) mass is 266 g/mol. The van der Waals surface area contributed by atoms with Crippen LogP contribution >= 0.6 is 0 Å². The van der Waals surface area contributed by atoms with Crippen LogP contribution in [0.3, 0.4) is 0 Å². The fourth-order valence-electron chi connectivity index (χ4n) is 2.59. The Morgan fingerprint density at radius 3 is 3.00 bits per heavy atom. The van der Waals surface area contributed by atoms with Gasteiger partial charge in [-0.3, -0.25) is 4.79 Å². The summed E-state index contributed by atoms with van der Waals surface area (Å²) in [7, 11) is 1.79. The number of rotatable bonds is 2. The Kier molecular flexibility index (Phi) is 2.99. The zero-order valence-electron chi connectivity index (χ0n) is 11.1. The molecule has 0 spiro atoms. The highest BCUT2D eigenvalue weighted by molar-refractivity contribution is 5.95. The Labute approximate surface area is 116 Å². The highest BCUT2D eigenvalue weighted by atomic mass is 16.2. The molecular weight excluding hydrogens is 252 g/mol. The number of nitriles is 1. The van der Waals surface area contributed by atoms with E-state index in [9.17, 15) is 10.1 Å². The third-order valence-corrected chi connectivity index (χ3v) is 3.70. The second kappa shape index (κ2) is 4.82. The normalized spacial score (nSPS) is 15.6. The summed E-state index contributed by atoms with van der Waals surface area (Å²) in [6.07, 6.45) is 4.60. The van der Waals surface area contributed by atoms with Crippen molar-refractivity contribution in [1.29, 1.82) is 5.26 Å². The van der Waals surface area contributed by atoms with Gasteiger partial charge in [0.2, 0.25) is 5.91 Å². The molecule has 20 heavy (non-hydrogen) atoms. The van der Waals surface area contributed by atoms with E-state index in [1.165, 1.54) is 0 Å². The molecule has 3 rings (SSSR count). The molecule has 1 N–H and O–H groups in total. The lowest BCUT2D eigenvalue weighted by atomic mass is 9.93.